The Balaban J connectivity index is 2.07. The van der Waals surface area contributed by atoms with Crippen molar-refractivity contribution < 1.29 is 12.8 Å². The summed E-state index contributed by atoms with van der Waals surface area (Å²) in [7, 11) is -3.49. The first-order valence-electron chi connectivity index (χ1n) is 6.08. The van der Waals surface area contributed by atoms with Gasteiger partial charge in [0.2, 0.25) is 10.0 Å². The number of benzene rings is 1. The van der Waals surface area contributed by atoms with Gasteiger partial charge in [-0.2, -0.15) is 4.31 Å². The van der Waals surface area contributed by atoms with Gasteiger partial charge in [-0.25, -0.2) is 12.8 Å². The minimum atomic E-state index is -3.49. The van der Waals surface area contributed by atoms with E-state index in [0.29, 0.717) is 13.1 Å². The molecule has 0 saturated carbocycles. The molecule has 0 bridgehead atoms. The van der Waals surface area contributed by atoms with Gasteiger partial charge in [0, 0.05) is 38.1 Å². The zero-order chi connectivity index (χ0) is 13.9. The average molecular weight is 351 g/mol. The number of piperazine rings is 1. The Kier molecular flexibility index (Phi) is 4.94. The maximum Gasteiger partial charge on any atom is 0.243 e. The number of sulfonamides is 1. The van der Waals surface area contributed by atoms with Crippen LogP contribution in [0.4, 0.5) is 4.39 Å². The average Bonchev–Trinajstić information content (AvgIpc) is 2.40. The SMILES string of the molecule is O=S(=O)(c1ccc(F)cc1)N1CCN(CCBr)CC1. The lowest BCUT2D eigenvalue weighted by molar-refractivity contribution is 0.198. The molecule has 0 radical (unpaired) electrons. The van der Waals surface area contributed by atoms with Gasteiger partial charge in [-0.15, -0.1) is 0 Å². The van der Waals surface area contributed by atoms with Crippen molar-refractivity contribution in [1.29, 1.82) is 0 Å². The van der Waals surface area contributed by atoms with Crippen molar-refractivity contribution in [3.8, 4) is 0 Å². The topological polar surface area (TPSA) is 40.6 Å². The highest BCUT2D eigenvalue weighted by Gasteiger charge is 2.28. The van der Waals surface area contributed by atoms with E-state index in [9.17, 15) is 12.8 Å². The van der Waals surface area contributed by atoms with Crippen molar-refractivity contribution in [2.75, 3.05) is 38.1 Å². The van der Waals surface area contributed by atoms with Crippen LogP contribution >= 0.6 is 15.9 Å². The van der Waals surface area contributed by atoms with Crippen molar-refractivity contribution in [3.63, 3.8) is 0 Å². The molecule has 19 heavy (non-hydrogen) atoms. The van der Waals surface area contributed by atoms with Crippen LogP contribution in [0.1, 0.15) is 0 Å². The van der Waals surface area contributed by atoms with Crippen LogP contribution in [0.5, 0.6) is 0 Å². The molecule has 7 heteroatoms. The number of hydrogen-bond donors (Lipinski definition) is 0. The number of nitrogens with zero attached hydrogens (tertiary/aromatic N) is 2. The molecule has 1 aromatic carbocycles. The second kappa shape index (κ2) is 6.30. The van der Waals surface area contributed by atoms with Crippen LogP contribution in [0, 0.1) is 5.82 Å². The van der Waals surface area contributed by atoms with Gasteiger partial charge in [-0.05, 0) is 24.3 Å². The molecule has 1 aliphatic rings. The number of halogens is 2. The zero-order valence-electron chi connectivity index (χ0n) is 10.4. The maximum absolute atomic E-state index is 12.8. The molecule has 0 unspecified atom stereocenters. The molecule has 0 amide bonds. The first-order chi connectivity index (χ1) is 9.04. The first-order valence-corrected chi connectivity index (χ1v) is 8.64. The fraction of sp³-hybridized carbons (Fsp3) is 0.500. The van der Waals surface area contributed by atoms with E-state index >= 15 is 0 Å². The Morgan fingerprint density at radius 2 is 1.68 bits per heavy atom. The smallest absolute Gasteiger partial charge is 0.243 e. The van der Waals surface area contributed by atoms with Crippen LogP contribution in [-0.4, -0.2) is 55.7 Å². The van der Waals surface area contributed by atoms with Gasteiger partial charge in [0.05, 0.1) is 4.90 Å². The summed E-state index contributed by atoms with van der Waals surface area (Å²) in [5.74, 6) is -0.430. The number of rotatable bonds is 4. The van der Waals surface area contributed by atoms with E-state index in [0.717, 1.165) is 25.0 Å². The highest BCUT2D eigenvalue weighted by molar-refractivity contribution is 9.09. The summed E-state index contributed by atoms with van der Waals surface area (Å²) in [4.78, 5) is 2.37. The van der Waals surface area contributed by atoms with Crippen LogP contribution in [0.3, 0.4) is 0 Å². The van der Waals surface area contributed by atoms with Gasteiger partial charge in [0.1, 0.15) is 5.82 Å². The molecule has 0 N–H and O–H groups in total. The van der Waals surface area contributed by atoms with Gasteiger partial charge >= 0.3 is 0 Å². The van der Waals surface area contributed by atoms with E-state index < -0.39 is 15.8 Å². The molecule has 0 atom stereocenters. The van der Waals surface area contributed by atoms with Gasteiger partial charge in [0.15, 0.2) is 0 Å². The minimum absolute atomic E-state index is 0.155. The second-order valence-corrected chi connectivity index (χ2v) is 7.12. The van der Waals surface area contributed by atoms with E-state index in [1.165, 1.54) is 28.6 Å². The predicted octanol–water partition coefficient (Wildman–Crippen LogP) is 1.53. The third-order valence-electron chi connectivity index (χ3n) is 3.18. The van der Waals surface area contributed by atoms with Gasteiger partial charge in [0.25, 0.3) is 0 Å². The molecule has 1 heterocycles. The molecule has 1 saturated heterocycles. The van der Waals surface area contributed by atoms with E-state index in [2.05, 4.69) is 20.8 Å². The molecule has 1 aliphatic heterocycles. The van der Waals surface area contributed by atoms with Crippen LogP contribution in [0.2, 0.25) is 0 Å². The van der Waals surface area contributed by atoms with E-state index in [1.54, 1.807) is 0 Å². The zero-order valence-corrected chi connectivity index (χ0v) is 12.8. The summed E-state index contributed by atoms with van der Waals surface area (Å²) in [6, 6.07) is 4.98. The highest BCUT2D eigenvalue weighted by Crippen LogP contribution is 2.17. The monoisotopic (exact) mass is 350 g/mol. The molecule has 0 aromatic heterocycles. The van der Waals surface area contributed by atoms with Crippen LogP contribution in [0.15, 0.2) is 29.2 Å². The van der Waals surface area contributed by atoms with Gasteiger partial charge in [-0.3, -0.25) is 4.90 Å². The lowest BCUT2D eigenvalue weighted by Crippen LogP contribution is -2.48. The molecule has 0 spiro atoms. The maximum atomic E-state index is 12.8. The van der Waals surface area contributed by atoms with Gasteiger partial charge < -0.3 is 0 Å². The lowest BCUT2D eigenvalue weighted by Gasteiger charge is -2.33. The van der Waals surface area contributed by atoms with E-state index in [1.807, 2.05) is 0 Å². The lowest BCUT2D eigenvalue weighted by atomic mass is 10.3. The normalized spacial score (nSPS) is 18.6. The third kappa shape index (κ3) is 3.53. The van der Waals surface area contributed by atoms with Crippen molar-refractivity contribution >= 4 is 26.0 Å². The van der Waals surface area contributed by atoms with Crippen molar-refractivity contribution in [2.45, 2.75) is 4.90 Å². The van der Waals surface area contributed by atoms with Crippen molar-refractivity contribution in [2.24, 2.45) is 0 Å². The van der Waals surface area contributed by atoms with E-state index in [-0.39, 0.29) is 4.90 Å². The fourth-order valence-electron chi connectivity index (χ4n) is 2.07. The molecule has 2 rings (SSSR count). The van der Waals surface area contributed by atoms with E-state index in [4.69, 9.17) is 0 Å². The quantitative estimate of drug-likeness (QED) is 0.773. The standard InChI is InChI=1S/C12H16BrFN2O2S/c13-5-6-15-7-9-16(10-8-15)19(17,18)12-3-1-11(14)2-4-12/h1-4H,5-10H2. The highest BCUT2D eigenvalue weighted by atomic mass is 79.9. The molecule has 0 aliphatic carbocycles. The molecular weight excluding hydrogens is 335 g/mol. The Labute approximate surface area is 121 Å². The molecule has 106 valence electrons. The second-order valence-electron chi connectivity index (χ2n) is 4.39. The summed E-state index contributed by atoms with van der Waals surface area (Å²) < 4.78 is 39.0. The largest absolute Gasteiger partial charge is 0.300 e. The molecular formula is C12H16BrFN2O2S. The summed E-state index contributed by atoms with van der Waals surface area (Å²) in [6.07, 6.45) is 0. The van der Waals surface area contributed by atoms with Crippen LogP contribution in [-0.2, 0) is 10.0 Å². The van der Waals surface area contributed by atoms with Crippen LogP contribution in [0.25, 0.3) is 0 Å². The fourth-order valence-corrected chi connectivity index (χ4v) is 3.99. The third-order valence-corrected chi connectivity index (χ3v) is 5.45. The Bertz CT molecular complexity index is 513. The van der Waals surface area contributed by atoms with Gasteiger partial charge in [-0.1, -0.05) is 15.9 Å². The summed E-state index contributed by atoms with van der Waals surface area (Å²) in [5, 5.41) is 0.887. The summed E-state index contributed by atoms with van der Waals surface area (Å²) >= 11 is 3.37. The van der Waals surface area contributed by atoms with Crippen molar-refractivity contribution in [1.82, 2.24) is 9.21 Å². The predicted molar refractivity (Wildman–Crippen MR) is 75.4 cm³/mol. The summed E-state index contributed by atoms with van der Waals surface area (Å²) in [6.45, 7) is 3.34. The number of alkyl halides is 1. The molecule has 1 aromatic rings. The Hall–Kier alpha value is -0.500. The molecule has 1 fully saturated rings. The first kappa shape index (κ1) is 14.9. The Morgan fingerprint density at radius 3 is 2.21 bits per heavy atom. The number of hydrogen-bond acceptors (Lipinski definition) is 3. The molecule has 4 nitrogen and oxygen atoms in total. The van der Waals surface area contributed by atoms with Crippen LogP contribution < -0.4 is 0 Å². The minimum Gasteiger partial charge on any atom is -0.300 e. The Morgan fingerprint density at radius 1 is 1.11 bits per heavy atom. The summed E-state index contributed by atoms with van der Waals surface area (Å²) in [5.41, 5.74) is 0. The van der Waals surface area contributed by atoms with Crippen molar-refractivity contribution in [3.05, 3.63) is 30.1 Å².